The lowest BCUT2D eigenvalue weighted by atomic mass is 9.68. The quantitative estimate of drug-likeness (QED) is 0.806. The van der Waals surface area contributed by atoms with Crippen LogP contribution in [0.15, 0.2) is 0 Å². The van der Waals surface area contributed by atoms with Crippen LogP contribution in [-0.4, -0.2) is 36.1 Å². The second-order valence-corrected chi connectivity index (χ2v) is 7.27. The van der Waals surface area contributed by atoms with Gasteiger partial charge < -0.3 is 14.6 Å². The van der Waals surface area contributed by atoms with E-state index in [1.165, 1.54) is 44.9 Å². The lowest BCUT2D eigenvalue weighted by Gasteiger charge is -2.50. The van der Waals surface area contributed by atoms with Gasteiger partial charge in [-0.3, -0.25) is 0 Å². The van der Waals surface area contributed by atoms with Gasteiger partial charge >= 0.3 is 0 Å². The molecule has 3 fully saturated rings. The molecule has 2 atom stereocenters. The third-order valence-corrected chi connectivity index (χ3v) is 6.14. The van der Waals surface area contributed by atoms with Crippen molar-refractivity contribution in [2.75, 3.05) is 13.7 Å². The molecule has 1 aliphatic heterocycles. The summed E-state index contributed by atoms with van der Waals surface area (Å²) in [6.07, 6.45) is 12.4. The number of aliphatic hydroxyl groups is 1. The maximum atomic E-state index is 11.0. The molecule has 0 aromatic carbocycles. The monoisotopic (exact) mass is 282 g/mol. The van der Waals surface area contributed by atoms with Gasteiger partial charge in [-0.25, -0.2) is 0 Å². The summed E-state index contributed by atoms with van der Waals surface area (Å²) in [7, 11) is 1.80. The molecule has 0 aromatic rings. The largest absolute Gasteiger partial charge is 0.390 e. The minimum Gasteiger partial charge on any atom is -0.390 e. The van der Waals surface area contributed by atoms with Gasteiger partial charge in [0.15, 0.2) is 0 Å². The van der Waals surface area contributed by atoms with Crippen LogP contribution >= 0.6 is 0 Å². The van der Waals surface area contributed by atoms with E-state index in [9.17, 15) is 5.11 Å². The highest BCUT2D eigenvalue weighted by molar-refractivity contribution is 5.00. The lowest BCUT2D eigenvalue weighted by molar-refractivity contribution is -0.190. The fourth-order valence-corrected chi connectivity index (χ4v) is 4.63. The Balaban J connectivity index is 1.70. The van der Waals surface area contributed by atoms with E-state index in [2.05, 4.69) is 0 Å². The van der Waals surface area contributed by atoms with Crippen molar-refractivity contribution in [1.29, 1.82) is 0 Å². The van der Waals surface area contributed by atoms with Crippen LogP contribution < -0.4 is 0 Å². The van der Waals surface area contributed by atoms with E-state index in [4.69, 9.17) is 9.47 Å². The normalized spacial score (nSPS) is 34.2. The van der Waals surface area contributed by atoms with Crippen LogP contribution in [0, 0.1) is 5.92 Å². The Hall–Kier alpha value is -0.120. The molecule has 3 aliphatic rings. The van der Waals surface area contributed by atoms with Gasteiger partial charge in [0.2, 0.25) is 0 Å². The van der Waals surface area contributed by atoms with Gasteiger partial charge in [-0.05, 0) is 50.9 Å². The molecule has 2 saturated carbocycles. The molecule has 1 spiro atoms. The summed E-state index contributed by atoms with van der Waals surface area (Å²) in [5.74, 6) is 0.363. The highest BCUT2D eigenvalue weighted by Crippen LogP contribution is 2.47. The van der Waals surface area contributed by atoms with Gasteiger partial charge in [0.05, 0.1) is 17.3 Å². The summed E-state index contributed by atoms with van der Waals surface area (Å²) in [5.41, 5.74) is -0.174. The average Bonchev–Trinajstić information content (AvgIpc) is 2.71. The van der Waals surface area contributed by atoms with Crippen LogP contribution in [0.25, 0.3) is 0 Å². The van der Waals surface area contributed by atoms with Crippen LogP contribution in [0.2, 0.25) is 0 Å². The minimum atomic E-state index is -0.313. The molecule has 20 heavy (non-hydrogen) atoms. The van der Waals surface area contributed by atoms with Crippen molar-refractivity contribution in [3.63, 3.8) is 0 Å². The van der Waals surface area contributed by atoms with E-state index in [1.54, 1.807) is 7.11 Å². The molecule has 116 valence electrons. The van der Waals surface area contributed by atoms with E-state index < -0.39 is 0 Å². The van der Waals surface area contributed by atoms with Crippen molar-refractivity contribution < 1.29 is 14.6 Å². The zero-order valence-electron chi connectivity index (χ0n) is 12.9. The molecule has 3 rings (SSSR count). The fourth-order valence-electron chi connectivity index (χ4n) is 4.63. The fraction of sp³-hybridized carbons (Fsp3) is 1.00. The molecule has 0 amide bonds. The molecule has 0 radical (unpaired) electrons. The van der Waals surface area contributed by atoms with E-state index in [1.807, 2.05) is 0 Å². The molecule has 1 saturated heterocycles. The Morgan fingerprint density at radius 1 is 1.05 bits per heavy atom. The van der Waals surface area contributed by atoms with Crippen LogP contribution in [0.5, 0.6) is 0 Å². The van der Waals surface area contributed by atoms with Crippen molar-refractivity contribution in [3.05, 3.63) is 0 Å². The van der Waals surface area contributed by atoms with E-state index >= 15 is 0 Å². The van der Waals surface area contributed by atoms with Crippen LogP contribution in [-0.2, 0) is 9.47 Å². The summed E-state index contributed by atoms with van der Waals surface area (Å²) in [6, 6.07) is 0. The van der Waals surface area contributed by atoms with Gasteiger partial charge in [0.25, 0.3) is 0 Å². The minimum absolute atomic E-state index is 0.115. The van der Waals surface area contributed by atoms with E-state index in [0.717, 1.165) is 32.3 Å². The summed E-state index contributed by atoms with van der Waals surface area (Å²) in [5, 5.41) is 11.0. The average molecular weight is 282 g/mol. The number of hydrogen-bond acceptors (Lipinski definition) is 3. The third kappa shape index (κ3) is 2.65. The predicted molar refractivity (Wildman–Crippen MR) is 78.7 cm³/mol. The number of methoxy groups -OCH3 is 1. The van der Waals surface area contributed by atoms with Crippen LogP contribution in [0.3, 0.4) is 0 Å². The molecule has 2 aliphatic carbocycles. The molecule has 1 heterocycles. The third-order valence-electron chi connectivity index (χ3n) is 6.14. The molecular weight excluding hydrogens is 252 g/mol. The van der Waals surface area contributed by atoms with Gasteiger partial charge in [-0.2, -0.15) is 0 Å². The van der Waals surface area contributed by atoms with Crippen LogP contribution in [0.1, 0.15) is 70.6 Å². The van der Waals surface area contributed by atoms with Crippen molar-refractivity contribution in [2.45, 2.75) is 87.9 Å². The maximum absolute atomic E-state index is 11.0. The number of ether oxygens (including phenoxy) is 2. The first-order chi connectivity index (χ1) is 9.70. The highest BCUT2D eigenvalue weighted by atomic mass is 16.5. The van der Waals surface area contributed by atoms with E-state index in [0.29, 0.717) is 5.92 Å². The summed E-state index contributed by atoms with van der Waals surface area (Å²) >= 11 is 0. The molecule has 3 heteroatoms. The molecule has 0 bridgehead atoms. The first kappa shape index (κ1) is 14.8. The Morgan fingerprint density at radius 2 is 1.75 bits per heavy atom. The van der Waals surface area contributed by atoms with E-state index in [-0.39, 0.29) is 17.3 Å². The predicted octanol–water partition coefficient (Wildman–Crippen LogP) is 3.44. The Kier molecular flexibility index (Phi) is 4.40. The maximum Gasteiger partial charge on any atom is 0.0939 e. The van der Waals surface area contributed by atoms with Crippen molar-refractivity contribution in [1.82, 2.24) is 0 Å². The number of hydrogen-bond donors (Lipinski definition) is 1. The smallest absolute Gasteiger partial charge is 0.0939 e. The summed E-state index contributed by atoms with van der Waals surface area (Å²) in [4.78, 5) is 0. The van der Waals surface area contributed by atoms with Gasteiger partial charge in [0.1, 0.15) is 0 Å². The topological polar surface area (TPSA) is 38.7 Å². The first-order valence-electron chi connectivity index (χ1n) is 8.57. The molecule has 2 unspecified atom stereocenters. The van der Waals surface area contributed by atoms with Gasteiger partial charge in [-0.1, -0.05) is 25.7 Å². The molecule has 1 N–H and O–H groups in total. The number of aliphatic hydroxyl groups excluding tert-OH is 1. The molecule has 0 aromatic heterocycles. The SMILES string of the molecule is COC1(C(O)C2CCOC3(CCC3)C2)CCCCCC1. The first-order valence-corrected chi connectivity index (χ1v) is 8.57. The standard InChI is InChI=1S/C17H30O3/c1-19-17(10-4-2-3-5-11-17)15(18)14-7-12-20-16(13-14)8-6-9-16/h14-15,18H,2-13H2,1H3. The summed E-state index contributed by atoms with van der Waals surface area (Å²) < 4.78 is 11.9. The number of rotatable bonds is 3. The zero-order chi connectivity index (χ0) is 14.1. The second-order valence-electron chi connectivity index (χ2n) is 7.27. The highest BCUT2D eigenvalue weighted by Gasteiger charge is 2.49. The zero-order valence-corrected chi connectivity index (χ0v) is 12.9. The van der Waals surface area contributed by atoms with Gasteiger partial charge in [0, 0.05) is 13.7 Å². The van der Waals surface area contributed by atoms with Crippen molar-refractivity contribution in [2.24, 2.45) is 5.92 Å². The van der Waals surface area contributed by atoms with Crippen LogP contribution in [0.4, 0.5) is 0 Å². The molecule has 3 nitrogen and oxygen atoms in total. The Bertz CT molecular complexity index is 316. The Labute approximate surface area is 123 Å². The van der Waals surface area contributed by atoms with Gasteiger partial charge in [-0.15, -0.1) is 0 Å². The second kappa shape index (κ2) is 5.94. The molecular formula is C17H30O3. The van der Waals surface area contributed by atoms with Crippen molar-refractivity contribution in [3.8, 4) is 0 Å². The summed E-state index contributed by atoms with van der Waals surface area (Å²) in [6.45, 7) is 0.821. The Morgan fingerprint density at radius 3 is 2.30 bits per heavy atom. The van der Waals surface area contributed by atoms with Crippen molar-refractivity contribution >= 4 is 0 Å². The lowest BCUT2D eigenvalue weighted by Crippen LogP contribution is -2.54.